The summed E-state index contributed by atoms with van der Waals surface area (Å²) in [5, 5.41) is 0. The zero-order chi connectivity index (χ0) is 13.8. The molecule has 1 aliphatic rings. The van der Waals surface area contributed by atoms with Gasteiger partial charge >= 0.3 is 0 Å². The maximum absolute atomic E-state index is 14.4. The van der Waals surface area contributed by atoms with Crippen LogP contribution >= 0.6 is 0 Å². The molecule has 1 aliphatic heterocycles. The molecule has 0 spiro atoms. The lowest BCUT2D eigenvalue weighted by molar-refractivity contribution is 0.386. The van der Waals surface area contributed by atoms with E-state index in [1.165, 1.54) is 12.7 Å². The van der Waals surface area contributed by atoms with Gasteiger partial charge in [-0.2, -0.15) is 0 Å². The summed E-state index contributed by atoms with van der Waals surface area (Å²) in [5.41, 5.74) is 0.527. The smallest absolute Gasteiger partial charge is 0.187 e. The Labute approximate surface area is 115 Å². The second kappa shape index (κ2) is 6.31. The number of hydrogen-bond donors (Lipinski definition) is 0. The fraction of sp³-hybridized carbons (Fsp3) is 0.733. The van der Waals surface area contributed by atoms with Gasteiger partial charge in [-0.15, -0.1) is 0 Å². The van der Waals surface area contributed by atoms with Crippen LogP contribution in [0, 0.1) is 11.7 Å². The van der Waals surface area contributed by atoms with Gasteiger partial charge in [-0.1, -0.05) is 20.8 Å². The van der Waals surface area contributed by atoms with Crippen molar-refractivity contribution in [2.24, 2.45) is 5.92 Å². The molecule has 0 aliphatic carbocycles. The fourth-order valence-electron chi connectivity index (χ4n) is 2.91. The minimum atomic E-state index is -0.222. The van der Waals surface area contributed by atoms with Crippen LogP contribution in [0.3, 0.4) is 0 Å². The standard InChI is InChI=1S/C15H24FN3/c1-4-13-14(16)15(18-10-17-13)19-8-6-5-7-12(19)9-11(2)3/h10-12H,4-9H2,1-3H3. The van der Waals surface area contributed by atoms with Gasteiger partial charge in [-0.25, -0.2) is 14.4 Å². The van der Waals surface area contributed by atoms with Crippen LogP contribution < -0.4 is 4.90 Å². The van der Waals surface area contributed by atoms with E-state index < -0.39 is 0 Å². The summed E-state index contributed by atoms with van der Waals surface area (Å²) in [4.78, 5) is 10.4. The summed E-state index contributed by atoms with van der Waals surface area (Å²) >= 11 is 0. The normalized spacial score (nSPS) is 20.1. The highest BCUT2D eigenvalue weighted by atomic mass is 19.1. The molecule has 19 heavy (non-hydrogen) atoms. The van der Waals surface area contributed by atoms with Crippen molar-refractivity contribution < 1.29 is 4.39 Å². The van der Waals surface area contributed by atoms with Gasteiger partial charge in [-0.05, 0) is 38.0 Å². The Hall–Kier alpha value is -1.19. The average molecular weight is 265 g/mol. The van der Waals surface area contributed by atoms with Gasteiger partial charge in [0.05, 0.1) is 5.69 Å². The third kappa shape index (κ3) is 3.23. The molecule has 0 radical (unpaired) electrons. The van der Waals surface area contributed by atoms with E-state index in [0.29, 0.717) is 29.9 Å². The molecule has 0 aromatic carbocycles. The van der Waals surface area contributed by atoms with Gasteiger partial charge in [-0.3, -0.25) is 0 Å². The first-order chi connectivity index (χ1) is 9.13. The minimum absolute atomic E-state index is 0.222. The largest absolute Gasteiger partial charge is 0.351 e. The van der Waals surface area contributed by atoms with Crippen molar-refractivity contribution in [1.29, 1.82) is 0 Å². The van der Waals surface area contributed by atoms with Crippen molar-refractivity contribution in [3.05, 3.63) is 17.8 Å². The molecule has 1 saturated heterocycles. The maximum Gasteiger partial charge on any atom is 0.187 e. The van der Waals surface area contributed by atoms with Crippen LogP contribution in [0.1, 0.15) is 52.1 Å². The van der Waals surface area contributed by atoms with Crippen LogP contribution in [0.25, 0.3) is 0 Å². The molecule has 2 heterocycles. The van der Waals surface area contributed by atoms with E-state index in [4.69, 9.17) is 0 Å². The lowest BCUT2D eigenvalue weighted by atomic mass is 9.94. The Morgan fingerprint density at radius 1 is 1.37 bits per heavy atom. The van der Waals surface area contributed by atoms with Crippen LogP contribution in [-0.4, -0.2) is 22.6 Å². The van der Waals surface area contributed by atoms with Crippen molar-refractivity contribution in [1.82, 2.24) is 9.97 Å². The van der Waals surface area contributed by atoms with Gasteiger partial charge in [0, 0.05) is 12.6 Å². The number of rotatable bonds is 4. The van der Waals surface area contributed by atoms with Crippen LogP contribution in [0.5, 0.6) is 0 Å². The van der Waals surface area contributed by atoms with Gasteiger partial charge in [0.25, 0.3) is 0 Å². The van der Waals surface area contributed by atoms with E-state index in [0.717, 1.165) is 25.8 Å². The van der Waals surface area contributed by atoms with Crippen LogP contribution in [-0.2, 0) is 6.42 Å². The van der Waals surface area contributed by atoms with Crippen molar-refractivity contribution >= 4 is 5.82 Å². The highest BCUT2D eigenvalue weighted by molar-refractivity contribution is 5.42. The molecule has 1 fully saturated rings. The molecule has 1 unspecified atom stereocenters. The number of anilines is 1. The van der Waals surface area contributed by atoms with Crippen molar-refractivity contribution in [3.8, 4) is 0 Å². The number of hydrogen-bond acceptors (Lipinski definition) is 3. The average Bonchev–Trinajstić information content (AvgIpc) is 2.39. The SMILES string of the molecule is CCc1ncnc(N2CCCCC2CC(C)C)c1F. The maximum atomic E-state index is 14.4. The van der Waals surface area contributed by atoms with E-state index in [1.54, 1.807) is 0 Å². The topological polar surface area (TPSA) is 29.0 Å². The Morgan fingerprint density at radius 3 is 2.84 bits per heavy atom. The van der Waals surface area contributed by atoms with Crippen LogP contribution in [0.15, 0.2) is 6.33 Å². The lowest BCUT2D eigenvalue weighted by Crippen LogP contribution is -2.41. The van der Waals surface area contributed by atoms with Gasteiger partial charge in [0.15, 0.2) is 11.6 Å². The number of halogens is 1. The number of aryl methyl sites for hydroxylation is 1. The van der Waals surface area contributed by atoms with E-state index in [-0.39, 0.29) is 5.82 Å². The summed E-state index contributed by atoms with van der Waals surface area (Å²) in [6, 6.07) is 0.419. The molecule has 106 valence electrons. The third-order valence-corrected chi connectivity index (χ3v) is 3.82. The van der Waals surface area contributed by atoms with Gasteiger partial charge in [0.2, 0.25) is 0 Å². The summed E-state index contributed by atoms with van der Waals surface area (Å²) in [5.74, 6) is 0.916. The second-order valence-corrected chi connectivity index (χ2v) is 5.78. The van der Waals surface area contributed by atoms with E-state index >= 15 is 0 Å². The summed E-state index contributed by atoms with van der Waals surface area (Å²) < 4.78 is 14.4. The fourth-order valence-corrected chi connectivity index (χ4v) is 2.91. The number of aromatic nitrogens is 2. The van der Waals surface area contributed by atoms with Gasteiger partial charge < -0.3 is 4.90 Å². The van der Waals surface area contributed by atoms with Crippen molar-refractivity contribution in [3.63, 3.8) is 0 Å². The van der Waals surface area contributed by atoms with E-state index in [2.05, 4.69) is 28.7 Å². The summed E-state index contributed by atoms with van der Waals surface area (Å²) in [6.07, 6.45) is 6.72. The number of nitrogens with zero attached hydrogens (tertiary/aromatic N) is 3. The Kier molecular flexibility index (Phi) is 4.72. The van der Waals surface area contributed by atoms with Crippen molar-refractivity contribution in [2.45, 2.75) is 58.9 Å². The molecular weight excluding hydrogens is 241 g/mol. The predicted octanol–water partition coefficient (Wildman–Crippen LogP) is 3.58. The molecule has 2 rings (SSSR count). The highest BCUT2D eigenvalue weighted by Crippen LogP contribution is 2.29. The number of piperidine rings is 1. The van der Waals surface area contributed by atoms with E-state index in [9.17, 15) is 4.39 Å². The quantitative estimate of drug-likeness (QED) is 0.833. The summed E-state index contributed by atoms with van der Waals surface area (Å²) in [6.45, 7) is 7.28. The Bertz CT molecular complexity index is 420. The molecule has 0 bridgehead atoms. The molecule has 1 aromatic rings. The highest BCUT2D eigenvalue weighted by Gasteiger charge is 2.27. The monoisotopic (exact) mass is 265 g/mol. The first-order valence-corrected chi connectivity index (χ1v) is 7.39. The van der Waals surface area contributed by atoms with Crippen LogP contribution in [0.4, 0.5) is 10.2 Å². The molecule has 0 saturated carbocycles. The van der Waals surface area contributed by atoms with Gasteiger partial charge in [0.1, 0.15) is 6.33 Å². The molecule has 0 N–H and O–H groups in total. The predicted molar refractivity (Wildman–Crippen MR) is 75.8 cm³/mol. The van der Waals surface area contributed by atoms with Crippen LogP contribution in [0.2, 0.25) is 0 Å². The molecule has 1 aromatic heterocycles. The Morgan fingerprint density at radius 2 is 2.16 bits per heavy atom. The minimum Gasteiger partial charge on any atom is -0.351 e. The second-order valence-electron chi connectivity index (χ2n) is 5.78. The first kappa shape index (κ1) is 14.2. The zero-order valence-corrected chi connectivity index (χ0v) is 12.2. The zero-order valence-electron chi connectivity index (χ0n) is 12.2. The molecular formula is C15H24FN3. The van der Waals surface area contributed by atoms with E-state index in [1.807, 2.05) is 6.92 Å². The summed E-state index contributed by atoms with van der Waals surface area (Å²) in [7, 11) is 0. The molecule has 1 atom stereocenters. The molecule has 3 nitrogen and oxygen atoms in total. The molecule has 0 amide bonds. The third-order valence-electron chi connectivity index (χ3n) is 3.82. The molecule has 4 heteroatoms. The first-order valence-electron chi connectivity index (χ1n) is 7.39. The Balaban J connectivity index is 2.26. The lowest BCUT2D eigenvalue weighted by Gasteiger charge is -2.37. The van der Waals surface area contributed by atoms with Crippen molar-refractivity contribution in [2.75, 3.05) is 11.4 Å².